The lowest BCUT2D eigenvalue weighted by Gasteiger charge is -2.13. The molecule has 1 aromatic carbocycles. The maximum atomic E-state index is 11.3. The summed E-state index contributed by atoms with van der Waals surface area (Å²) < 4.78 is 0. The Hall–Kier alpha value is -2.65. The minimum atomic E-state index is -1.82. The largest absolute Gasteiger partial charge is 0.508 e. The summed E-state index contributed by atoms with van der Waals surface area (Å²) in [5.74, 6) is -3.45. The lowest BCUT2D eigenvalue weighted by atomic mass is 10.1. The van der Waals surface area contributed by atoms with Crippen molar-refractivity contribution in [3.05, 3.63) is 29.8 Å². The zero-order valence-electron chi connectivity index (χ0n) is 14.1. The van der Waals surface area contributed by atoms with Crippen LogP contribution in [0.4, 0.5) is 0 Å². The Labute approximate surface area is 145 Å². The van der Waals surface area contributed by atoms with Crippen molar-refractivity contribution in [2.45, 2.75) is 20.0 Å². The number of rotatable bonds is 7. The van der Waals surface area contributed by atoms with Crippen molar-refractivity contribution in [1.29, 1.82) is 0 Å². The van der Waals surface area contributed by atoms with Crippen molar-refractivity contribution in [3.8, 4) is 5.75 Å². The second kappa shape index (κ2) is 11.8. The minimum Gasteiger partial charge on any atom is -0.508 e. The number of carbonyl (C=O) groups excluding carboxylic acids is 1. The van der Waals surface area contributed by atoms with Gasteiger partial charge in [0.1, 0.15) is 5.75 Å². The topological polar surface area (TPSA) is 156 Å². The Kier molecular flexibility index (Phi) is 10.6. The molecular formula is C16H24N2O7. The fraction of sp³-hybridized carbons (Fsp3) is 0.438. The van der Waals surface area contributed by atoms with Gasteiger partial charge in [0.2, 0.25) is 5.91 Å². The van der Waals surface area contributed by atoms with Crippen LogP contribution in [0.15, 0.2) is 24.3 Å². The summed E-state index contributed by atoms with van der Waals surface area (Å²) in [6.07, 6.45) is -0.624. The average Bonchev–Trinajstić information content (AvgIpc) is 2.55. The summed E-state index contributed by atoms with van der Waals surface area (Å²) in [4.78, 5) is 29.5. The number of phenolic OH excluding ortho intramolecular Hbond substituents is 1. The Morgan fingerprint density at radius 3 is 1.96 bits per heavy atom. The van der Waals surface area contributed by atoms with Crippen LogP contribution in [0.5, 0.6) is 5.75 Å². The molecule has 1 aromatic rings. The van der Waals surface area contributed by atoms with Gasteiger partial charge in [-0.2, -0.15) is 0 Å². The second-order valence-corrected chi connectivity index (χ2v) is 5.37. The number of amides is 1. The molecule has 0 saturated carbocycles. The Morgan fingerprint density at radius 1 is 1.00 bits per heavy atom. The average molecular weight is 356 g/mol. The summed E-state index contributed by atoms with van der Waals surface area (Å²) in [5, 5.41) is 39.7. The zero-order chi connectivity index (χ0) is 19.4. The van der Waals surface area contributed by atoms with Crippen molar-refractivity contribution in [3.63, 3.8) is 0 Å². The molecule has 0 bridgehead atoms. The first kappa shape index (κ1) is 22.4. The number of carboxylic acid groups (broad SMARTS) is 2. The smallest absolute Gasteiger partial charge is 0.414 e. The summed E-state index contributed by atoms with van der Waals surface area (Å²) >= 11 is 0. The Morgan fingerprint density at radius 2 is 1.52 bits per heavy atom. The second-order valence-electron chi connectivity index (χ2n) is 5.37. The molecule has 1 unspecified atom stereocenters. The highest BCUT2D eigenvalue weighted by atomic mass is 16.4. The highest BCUT2D eigenvalue weighted by Gasteiger charge is 2.08. The van der Waals surface area contributed by atoms with Crippen molar-refractivity contribution < 1.29 is 34.8 Å². The minimum absolute atomic E-state index is 0.0115. The third-order valence-corrected chi connectivity index (χ3v) is 2.92. The van der Waals surface area contributed by atoms with Crippen molar-refractivity contribution >= 4 is 17.8 Å². The van der Waals surface area contributed by atoms with E-state index in [2.05, 4.69) is 10.6 Å². The molecule has 0 aromatic heterocycles. The van der Waals surface area contributed by atoms with Gasteiger partial charge in [-0.25, -0.2) is 9.59 Å². The first-order valence-electron chi connectivity index (χ1n) is 7.56. The highest BCUT2D eigenvalue weighted by Crippen LogP contribution is 2.15. The van der Waals surface area contributed by atoms with E-state index in [1.54, 1.807) is 24.3 Å². The van der Waals surface area contributed by atoms with Crippen molar-refractivity contribution in [2.24, 2.45) is 5.92 Å². The SMILES string of the molecule is CC(C)C(=O)NCCNCC(O)c1ccc(O)cc1.O=C(O)C(=O)O. The maximum Gasteiger partial charge on any atom is 0.414 e. The van der Waals surface area contributed by atoms with Crippen LogP contribution >= 0.6 is 0 Å². The molecule has 0 fully saturated rings. The predicted molar refractivity (Wildman–Crippen MR) is 89.1 cm³/mol. The number of benzene rings is 1. The Balaban J connectivity index is 0.000000823. The third kappa shape index (κ3) is 10.7. The number of hydrogen-bond donors (Lipinski definition) is 6. The summed E-state index contributed by atoms with van der Waals surface area (Å²) in [6.45, 7) is 5.24. The quantitative estimate of drug-likeness (QED) is 0.293. The molecule has 0 aliphatic carbocycles. The van der Waals surface area contributed by atoms with E-state index in [-0.39, 0.29) is 17.6 Å². The van der Waals surface area contributed by atoms with Crippen LogP contribution in [0, 0.1) is 5.92 Å². The maximum absolute atomic E-state index is 11.3. The fourth-order valence-electron chi connectivity index (χ4n) is 1.53. The van der Waals surface area contributed by atoms with E-state index in [9.17, 15) is 9.90 Å². The van der Waals surface area contributed by atoms with Gasteiger partial charge in [0.15, 0.2) is 0 Å². The van der Waals surface area contributed by atoms with E-state index >= 15 is 0 Å². The molecule has 1 amide bonds. The van der Waals surface area contributed by atoms with Gasteiger partial charge in [0.05, 0.1) is 6.10 Å². The molecule has 0 heterocycles. The molecule has 0 saturated heterocycles. The highest BCUT2D eigenvalue weighted by molar-refractivity contribution is 6.27. The van der Waals surface area contributed by atoms with Crippen LogP contribution < -0.4 is 10.6 Å². The number of hydrogen-bond acceptors (Lipinski definition) is 6. The van der Waals surface area contributed by atoms with Gasteiger partial charge in [0.25, 0.3) is 0 Å². The van der Waals surface area contributed by atoms with Crippen LogP contribution in [-0.2, 0) is 14.4 Å². The van der Waals surface area contributed by atoms with E-state index < -0.39 is 18.0 Å². The molecule has 0 aliphatic heterocycles. The lowest BCUT2D eigenvalue weighted by Crippen LogP contribution is -2.35. The first-order chi connectivity index (χ1) is 11.6. The van der Waals surface area contributed by atoms with E-state index in [4.69, 9.17) is 24.9 Å². The van der Waals surface area contributed by atoms with Crippen LogP contribution in [0.2, 0.25) is 0 Å². The van der Waals surface area contributed by atoms with E-state index in [0.29, 0.717) is 19.6 Å². The molecule has 6 N–H and O–H groups in total. The molecule has 1 rings (SSSR count). The molecule has 9 heteroatoms. The van der Waals surface area contributed by atoms with E-state index in [1.807, 2.05) is 13.8 Å². The van der Waals surface area contributed by atoms with Gasteiger partial charge in [-0.05, 0) is 17.7 Å². The Bertz CT molecular complexity index is 546. The monoisotopic (exact) mass is 356 g/mol. The van der Waals surface area contributed by atoms with Crippen LogP contribution in [0.1, 0.15) is 25.5 Å². The number of carbonyl (C=O) groups is 3. The number of carboxylic acids is 2. The van der Waals surface area contributed by atoms with Gasteiger partial charge < -0.3 is 31.1 Å². The van der Waals surface area contributed by atoms with Gasteiger partial charge in [-0.3, -0.25) is 4.79 Å². The van der Waals surface area contributed by atoms with Crippen molar-refractivity contribution in [2.75, 3.05) is 19.6 Å². The number of aliphatic hydroxyl groups is 1. The van der Waals surface area contributed by atoms with Crippen LogP contribution in [0.3, 0.4) is 0 Å². The normalized spacial score (nSPS) is 11.2. The van der Waals surface area contributed by atoms with Gasteiger partial charge in [-0.1, -0.05) is 26.0 Å². The predicted octanol–water partition coefficient (Wildman–Crippen LogP) is -0.0570. The molecule has 25 heavy (non-hydrogen) atoms. The zero-order valence-corrected chi connectivity index (χ0v) is 14.1. The summed E-state index contributed by atoms with van der Waals surface area (Å²) in [6, 6.07) is 6.45. The number of aliphatic hydroxyl groups excluding tert-OH is 1. The molecule has 1 atom stereocenters. The van der Waals surface area contributed by atoms with Crippen molar-refractivity contribution in [1.82, 2.24) is 10.6 Å². The molecule has 140 valence electrons. The fourth-order valence-corrected chi connectivity index (χ4v) is 1.53. The van der Waals surface area contributed by atoms with Gasteiger partial charge in [-0.15, -0.1) is 0 Å². The van der Waals surface area contributed by atoms with E-state index in [0.717, 1.165) is 5.56 Å². The van der Waals surface area contributed by atoms with E-state index in [1.165, 1.54) is 0 Å². The summed E-state index contributed by atoms with van der Waals surface area (Å²) in [5.41, 5.74) is 0.747. The van der Waals surface area contributed by atoms with Crippen LogP contribution in [0.25, 0.3) is 0 Å². The van der Waals surface area contributed by atoms with Gasteiger partial charge in [0, 0.05) is 25.6 Å². The molecule has 0 radical (unpaired) electrons. The number of aromatic hydroxyl groups is 1. The number of phenols is 1. The third-order valence-electron chi connectivity index (χ3n) is 2.92. The number of nitrogens with one attached hydrogen (secondary N) is 2. The number of aliphatic carboxylic acids is 2. The lowest BCUT2D eigenvalue weighted by molar-refractivity contribution is -0.159. The molecule has 9 nitrogen and oxygen atoms in total. The first-order valence-corrected chi connectivity index (χ1v) is 7.56. The molecular weight excluding hydrogens is 332 g/mol. The standard InChI is InChI=1S/C14H22N2O3.C2H2O4/c1-10(2)14(19)16-8-7-15-9-13(18)11-3-5-12(17)6-4-11;3-1(4)2(5)6/h3-6,10,13,15,17-18H,7-9H2,1-2H3,(H,16,19);(H,3,4)(H,5,6). The van der Waals surface area contributed by atoms with Gasteiger partial charge >= 0.3 is 11.9 Å². The van der Waals surface area contributed by atoms with Crippen LogP contribution in [-0.4, -0.2) is 57.9 Å². The molecule has 0 aliphatic rings. The molecule has 0 spiro atoms. The summed E-state index contributed by atoms with van der Waals surface area (Å²) in [7, 11) is 0.